The van der Waals surface area contributed by atoms with Crippen molar-refractivity contribution in [1.29, 1.82) is 10.5 Å². The molecule has 1 aromatic rings. The highest BCUT2D eigenvalue weighted by Crippen LogP contribution is 2.21. The average Bonchev–Trinajstić information content (AvgIpc) is 2.57. The van der Waals surface area contributed by atoms with Gasteiger partial charge in [-0.05, 0) is 17.7 Å². The number of benzene rings is 1. The summed E-state index contributed by atoms with van der Waals surface area (Å²) in [5.41, 5.74) is 4.48. The second-order valence-corrected chi connectivity index (χ2v) is 4.90. The molecule has 2 N–H and O–H groups in total. The Hall–Kier alpha value is -3.23. The molecule has 0 bridgehead atoms. The van der Waals surface area contributed by atoms with Crippen molar-refractivity contribution in [1.82, 2.24) is 5.01 Å². The molecule has 0 spiro atoms. The number of hydrogen-bond acceptors (Lipinski definition) is 7. The molecule has 0 unspecified atom stereocenters. The number of carbonyl (C=O) groups is 1. The van der Waals surface area contributed by atoms with Gasteiger partial charge in [0.25, 0.3) is 0 Å². The van der Waals surface area contributed by atoms with E-state index in [-0.39, 0.29) is 24.0 Å². The Kier molecular flexibility index (Phi) is 5.03. The first-order valence-electron chi connectivity index (χ1n) is 6.83. The van der Waals surface area contributed by atoms with Gasteiger partial charge >= 0.3 is 0 Å². The fourth-order valence-electron chi connectivity index (χ4n) is 2.11. The van der Waals surface area contributed by atoms with E-state index >= 15 is 0 Å². The molecule has 2 rings (SSSR count). The van der Waals surface area contributed by atoms with Crippen LogP contribution in [0.4, 0.5) is 5.69 Å². The zero-order chi connectivity index (χ0) is 16.8. The molecule has 1 heterocycles. The summed E-state index contributed by atoms with van der Waals surface area (Å²) in [6, 6.07) is 10.3. The van der Waals surface area contributed by atoms with Crippen molar-refractivity contribution in [2.24, 2.45) is 16.1 Å². The second-order valence-electron chi connectivity index (χ2n) is 4.90. The standard InChI is InChI=1S/C15H14N6O2/c1-10-6-14(23)21(9-22)20-15(10)11-2-4-12(5-3-11)18-19-13(7-16)8-17/h2-5,10,18,22H,6,9H2,1H3/t10-/m1/s1. The summed E-state index contributed by atoms with van der Waals surface area (Å²) in [6.45, 7) is 1.45. The maximum absolute atomic E-state index is 11.7. The zero-order valence-electron chi connectivity index (χ0n) is 12.4. The Morgan fingerprint density at radius 1 is 1.43 bits per heavy atom. The van der Waals surface area contributed by atoms with Crippen LogP contribution in [0.5, 0.6) is 0 Å². The highest BCUT2D eigenvalue weighted by atomic mass is 16.3. The third-order valence-electron chi connectivity index (χ3n) is 3.29. The molecule has 8 nitrogen and oxygen atoms in total. The predicted octanol–water partition coefficient (Wildman–Crippen LogP) is 1.02. The number of rotatable bonds is 4. The number of amides is 1. The van der Waals surface area contributed by atoms with E-state index in [0.29, 0.717) is 11.4 Å². The van der Waals surface area contributed by atoms with E-state index in [0.717, 1.165) is 10.6 Å². The zero-order valence-corrected chi connectivity index (χ0v) is 12.4. The lowest BCUT2D eigenvalue weighted by atomic mass is 9.94. The topological polar surface area (TPSA) is 125 Å². The highest BCUT2D eigenvalue weighted by molar-refractivity contribution is 6.10. The van der Waals surface area contributed by atoms with Crippen LogP contribution in [0, 0.1) is 28.6 Å². The third-order valence-corrected chi connectivity index (χ3v) is 3.29. The Bertz CT molecular complexity index is 723. The normalized spacial score (nSPS) is 16.9. The summed E-state index contributed by atoms with van der Waals surface area (Å²) >= 11 is 0. The Balaban J connectivity index is 2.20. The molecule has 0 aromatic heterocycles. The number of nitrogens with one attached hydrogen (secondary N) is 1. The summed E-state index contributed by atoms with van der Waals surface area (Å²) in [6.07, 6.45) is 0.289. The minimum absolute atomic E-state index is 0.0501. The number of nitrogens with zero attached hydrogens (tertiary/aromatic N) is 5. The molecule has 0 aliphatic carbocycles. The van der Waals surface area contributed by atoms with Gasteiger partial charge in [-0.25, -0.2) is 5.01 Å². The van der Waals surface area contributed by atoms with Crippen molar-refractivity contribution in [3.63, 3.8) is 0 Å². The first kappa shape index (κ1) is 16.1. The quantitative estimate of drug-likeness (QED) is 0.634. The molecule has 0 fully saturated rings. The van der Waals surface area contributed by atoms with Crippen LogP contribution in [0.1, 0.15) is 18.9 Å². The van der Waals surface area contributed by atoms with E-state index in [1.165, 1.54) is 0 Å². The van der Waals surface area contributed by atoms with Gasteiger partial charge < -0.3 is 5.11 Å². The third kappa shape index (κ3) is 3.70. The smallest absolute Gasteiger partial charge is 0.245 e. The lowest BCUT2D eigenvalue weighted by Crippen LogP contribution is -2.36. The average molecular weight is 310 g/mol. The first-order valence-corrected chi connectivity index (χ1v) is 6.83. The number of hydrazone groups is 2. The molecule has 1 atom stereocenters. The van der Waals surface area contributed by atoms with E-state index < -0.39 is 6.73 Å². The molecule has 23 heavy (non-hydrogen) atoms. The maximum Gasteiger partial charge on any atom is 0.245 e. The van der Waals surface area contributed by atoms with Crippen molar-refractivity contribution in [3.8, 4) is 12.1 Å². The minimum atomic E-state index is -0.450. The molecule has 1 aliphatic rings. The van der Waals surface area contributed by atoms with Crippen LogP contribution in [0.3, 0.4) is 0 Å². The molecule has 1 amide bonds. The summed E-state index contributed by atoms with van der Waals surface area (Å²) in [5.74, 6) is -0.261. The van der Waals surface area contributed by atoms with Crippen molar-refractivity contribution in [2.75, 3.05) is 12.2 Å². The molecular formula is C15H14N6O2. The molecule has 0 radical (unpaired) electrons. The predicted molar refractivity (Wildman–Crippen MR) is 83.0 cm³/mol. The van der Waals surface area contributed by atoms with E-state index in [1.807, 2.05) is 6.92 Å². The molecule has 8 heteroatoms. The van der Waals surface area contributed by atoms with E-state index in [4.69, 9.17) is 15.6 Å². The number of nitriles is 2. The summed E-state index contributed by atoms with van der Waals surface area (Å²) in [5, 5.41) is 35.2. The number of aliphatic hydroxyl groups is 1. The molecular weight excluding hydrogens is 296 g/mol. The van der Waals surface area contributed by atoms with Gasteiger partial charge in [-0.2, -0.15) is 20.7 Å². The van der Waals surface area contributed by atoms with Crippen LogP contribution < -0.4 is 5.43 Å². The summed E-state index contributed by atoms with van der Waals surface area (Å²) in [7, 11) is 0. The van der Waals surface area contributed by atoms with Crippen LogP contribution >= 0.6 is 0 Å². The molecule has 0 saturated heterocycles. The van der Waals surface area contributed by atoms with E-state index in [9.17, 15) is 4.79 Å². The van der Waals surface area contributed by atoms with Gasteiger partial charge in [0.2, 0.25) is 11.6 Å². The van der Waals surface area contributed by atoms with Gasteiger partial charge in [0.15, 0.2) is 0 Å². The van der Waals surface area contributed by atoms with Gasteiger partial charge in [0, 0.05) is 12.3 Å². The van der Waals surface area contributed by atoms with E-state index in [1.54, 1.807) is 36.4 Å². The van der Waals surface area contributed by atoms with Gasteiger partial charge in [0.05, 0.1) is 11.4 Å². The van der Waals surface area contributed by atoms with Crippen LogP contribution in [-0.2, 0) is 4.79 Å². The van der Waals surface area contributed by atoms with Crippen LogP contribution in [0.25, 0.3) is 0 Å². The first-order chi connectivity index (χ1) is 11.1. The largest absolute Gasteiger partial charge is 0.374 e. The van der Waals surface area contributed by atoms with Gasteiger partial charge in [0.1, 0.15) is 18.9 Å². The molecule has 0 saturated carbocycles. The lowest BCUT2D eigenvalue weighted by Gasteiger charge is -2.26. The molecule has 116 valence electrons. The highest BCUT2D eigenvalue weighted by Gasteiger charge is 2.26. The Labute approximate surface area is 132 Å². The fourth-order valence-corrected chi connectivity index (χ4v) is 2.11. The Morgan fingerprint density at radius 3 is 2.65 bits per heavy atom. The number of carbonyl (C=O) groups excluding carboxylic acids is 1. The minimum Gasteiger partial charge on any atom is -0.374 e. The number of aliphatic hydroxyl groups excluding tert-OH is 1. The number of hydrogen-bond donors (Lipinski definition) is 2. The monoisotopic (exact) mass is 310 g/mol. The summed E-state index contributed by atoms with van der Waals surface area (Å²) < 4.78 is 0. The fraction of sp³-hybridized carbons (Fsp3) is 0.267. The lowest BCUT2D eigenvalue weighted by molar-refractivity contribution is -0.136. The van der Waals surface area contributed by atoms with Crippen molar-refractivity contribution >= 4 is 23.0 Å². The molecule has 1 aromatic carbocycles. The SMILES string of the molecule is C[C@@H]1CC(=O)N(CO)N=C1c1ccc(NN=C(C#N)C#N)cc1. The summed E-state index contributed by atoms with van der Waals surface area (Å²) in [4.78, 5) is 11.7. The Morgan fingerprint density at radius 2 is 2.09 bits per heavy atom. The van der Waals surface area contributed by atoms with Crippen molar-refractivity contribution in [3.05, 3.63) is 29.8 Å². The van der Waals surface area contributed by atoms with Crippen LogP contribution in [0.2, 0.25) is 0 Å². The van der Waals surface area contributed by atoms with Crippen LogP contribution in [-0.4, -0.2) is 34.2 Å². The van der Waals surface area contributed by atoms with Crippen LogP contribution in [0.15, 0.2) is 34.5 Å². The van der Waals surface area contributed by atoms with Gasteiger partial charge in [-0.3, -0.25) is 10.2 Å². The van der Waals surface area contributed by atoms with Gasteiger partial charge in [-0.15, -0.1) is 0 Å². The molecule has 1 aliphatic heterocycles. The van der Waals surface area contributed by atoms with Crippen molar-refractivity contribution in [2.45, 2.75) is 13.3 Å². The van der Waals surface area contributed by atoms with Crippen molar-refractivity contribution < 1.29 is 9.90 Å². The second kappa shape index (κ2) is 7.16. The number of anilines is 1. The van der Waals surface area contributed by atoms with Gasteiger partial charge in [-0.1, -0.05) is 19.1 Å². The maximum atomic E-state index is 11.7. The van der Waals surface area contributed by atoms with E-state index in [2.05, 4.69) is 15.6 Å².